The first-order chi connectivity index (χ1) is 14.8. The minimum absolute atomic E-state index is 0.0555. The molecule has 11 heteroatoms. The van der Waals surface area contributed by atoms with Crippen molar-refractivity contribution in [3.63, 3.8) is 0 Å². The first-order valence-corrected chi connectivity index (χ1v) is 10.2. The fraction of sp³-hybridized carbons (Fsp3) is 0.500. The van der Waals surface area contributed by atoms with Gasteiger partial charge in [-0.1, -0.05) is 0 Å². The molecule has 1 aromatic heterocycles. The molecule has 9 nitrogen and oxygen atoms in total. The molecular weight excluding hydrogens is 412 g/mol. The maximum absolute atomic E-state index is 15.9. The lowest BCUT2D eigenvalue weighted by Crippen LogP contribution is -2.45. The molecule has 31 heavy (non-hydrogen) atoms. The third-order valence-corrected chi connectivity index (χ3v) is 5.70. The molecule has 0 amide bonds. The van der Waals surface area contributed by atoms with Gasteiger partial charge in [0.25, 0.3) is 0 Å². The van der Waals surface area contributed by atoms with Crippen LogP contribution in [0.3, 0.4) is 0 Å². The van der Waals surface area contributed by atoms with Crippen molar-refractivity contribution in [2.45, 2.75) is 18.9 Å². The molecule has 1 aromatic carbocycles. The Kier molecular flexibility index (Phi) is 5.71. The van der Waals surface area contributed by atoms with Gasteiger partial charge in [0.05, 0.1) is 22.8 Å². The predicted molar refractivity (Wildman–Crippen MR) is 112 cm³/mol. The molecule has 2 aromatic rings. The van der Waals surface area contributed by atoms with E-state index in [1.807, 2.05) is 7.05 Å². The number of pyridine rings is 1. The van der Waals surface area contributed by atoms with Crippen molar-refractivity contribution in [3.05, 3.63) is 28.1 Å². The second kappa shape index (κ2) is 8.31. The number of ether oxygens (including phenoxy) is 1. The number of halogens is 2. The van der Waals surface area contributed by atoms with Gasteiger partial charge in [0.15, 0.2) is 17.4 Å². The highest BCUT2D eigenvalue weighted by Crippen LogP contribution is 2.43. The molecule has 1 saturated heterocycles. The summed E-state index contributed by atoms with van der Waals surface area (Å²) in [5, 5.41) is 11.5. The topological polar surface area (TPSA) is 113 Å². The SMILES string of the molecule is CN1CCN(c2c(F)c(NCCN)c3c(=O)c(OC(=O)O)cn(C4CC4)c3c2F)CC1. The summed E-state index contributed by atoms with van der Waals surface area (Å²) in [4.78, 5) is 27.8. The van der Waals surface area contributed by atoms with Crippen molar-refractivity contribution >= 4 is 28.4 Å². The van der Waals surface area contributed by atoms with Crippen LogP contribution in [-0.2, 0) is 0 Å². The molecule has 2 fully saturated rings. The van der Waals surface area contributed by atoms with Crippen LogP contribution >= 0.6 is 0 Å². The van der Waals surface area contributed by atoms with E-state index in [4.69, 9.17) is 10.8 Å². The minimum Gasteiger partial charge on any atom is -0.449 e. The second-order valence-corrected chi connectivity index (χ2v) is 7.91. The van der Waals surface area contributed by atoms with Gasteiger partial charge in [-0.3, -0.25) is 4.79 Å². The quantitative estimate of drug-likeness (QED) is 0.587. The van der Waals surface area contributed by atoms with E-state index in [2.05, 4.69) is 15.0 Å². The fourth-order valence-corrected chi connectivity index (χ4v) is 3.98. The molecule has 0 unspecified atom stereocenters. The molecule has 1 saturated carbocycles. The standard InChI is InChI=1S/C20H25F2N5O4/c1-25-6-8-26(9-7-25)18-14(21)16(24-5-4-23)13-17(15(18)22)27(11-2-3-11)10-12(19(13)28)31-20(29)30/h10-11,24H,2-9,23H2,1H3,(H,29,30). The monoisotopic (exact) mass is 437 g/mol. The highest BCUT2D eigenvalue weighted by molar-refractivity contribution is 5.97. The van der Waals surface area contributed by atoms with Crippen LogP contribution in [0, 0.1) is 11.6 Å². The van der Waals surface area contributed by atoms with Crippen molar-refractivity contribution in [1.29, 1.82) is 0 Å². The molecule has 1 aliphatic heterocycles. The summed E-state index contributed by atoms with van der Waals surface area (Å²) >= 11 is 0. The summed E-state index contributed by atoms with van der Waals surface area (Å²) in [5.74, 6) is -2.22. The Morgan fingerprint density at radius 3 is 2.52 bits per heavy atom. The number of rotatable bonds is 6. The van der Waals surface area contributed by atoms with Crippen LogP contribution in [0.1, 0.15) is 18.9 Å². The number of carbonyl (C=O) groups is 1. The van der Waals surface area contributed by atoms with Crippen LogP contribution in [0.25, 0.3) is 10.9 Å². The summed E-state index contributed by atoms with van der Waals surface area (Å²) in [6.45, 7) is 2.45. The molecule has 0 spiro atoms. The Balaban J connectivity index is 2.02. The number of nitrogens with zero attached hydrogens (tertiary/aromatic N) is 3. The number of benzene rings is 1. The third-order valence-electron chi connectivity index (χ3n) is 5.70. The lowest BCUT2D eigenvalue weighted by molar-refractivity contribution is 0.143. The number of carboxylic acid groups (broad SMARTS) is 1. The third kappa shape index (κ3) is 3.90. The number of hydrogen-bond donors (Lipinski definition) is 3. The summed E-state index contributed by atoms with van der Waals surface area (Å²) in [6, 6.07) is -0.123. The number of anilines is 2. The lowest BCUT2D eigenvalue weighted by Gasteiger charge is -2.35. The van der Waals surface area contributed by atoms with Crippen LogP contribution in [0.15, 0.2) is 11.0 Å². The molecule has 2 aliphatic rings. The molecule has 0 bridgehead atoms. The summed E-state index contributed by atoms with van der Waals surface area (Å²) in [5.41, 5.74) is 4.23. The Morgan fingerprint density at radius 2 is 1.94 bits per heavy atom. The van der Waals surface area contributed by atoms with Gasteiger partial charge in [0.1, 0.15) is 5.69 Å². The Bertz CT molecular complexity index is 1080. The molecule has 168 valence electrons. The number of piperazine rings is 1. The average Bonchev–Trinajstić information content (AvgIpc) is 3.56. The second-order valence-electron chi connectivity index (χ2n) is 7.91. The molecule has 0 atom stereocenters. The van der Waals surface area contributed by atoms with E-state index < -0.39 is 29.0 Å². The predicted octanol–water partition coefficient (Wildman–Crippen LogP) is 1.79. The summed E-state index contributed by atoms with van der Waals surface area (Å²) in [6.07, 6.45) is 0.996. The molecule has 4 N–H and O–H groups in total. The zero-order valence-electron chi connectivity index (χ0n) is 17.2. The molecule has 1 aliphatic carbocycles. The Labute approximate surface area is 177 Å². The van der Waals surface area contributed by atoms with Gasteiger partial charge < -0.3 is 35.3 Å². The van der Waals surface area contributed by atoms with E-state index in [-0.39, 0.29) is 41.4 Å². The first kappa shape index (κ1) is 21.3. The number of aromatic nitrogens is 1. The highest BCUT2D eigenvalue weighted by atomic mass is 19.1. The van der Waals surface area contributed by atoms with Crippen LogP contribution in [0.4, 0.5) is 25.0 Å². The molecule has 4 rings (SSSR count). The molecule has 0 radical (unpaired) electrons. The van der Waals surface area contributed by atoms with Gasteiger partial charge in [-0.15, -0.1) is 0 Å². The fourth-order valence-electron chi connectivity index (χ4n) is 3.98. The van der Waals surface area contributed by atoms with Crippen molar-refractivity contribution in [3.8, 4) is 5.75 Å². The lowest BCUT2D eigenvalue weighted by atomic mass is 10.1. The highest BCUT2D eigenvalue weighted by Gasteiger charge is 2.33. The van der Waals surface area contributed by atoms with E-state index in [0.717, 1.165) is 12.8 Å². The zero-order chi connectivity index (χ0) is 22.3. The van der Waals surface area contributed by atoms with Crippen LogP contribution in [-0.4, -0.2) is 67.0 Å². The van der Waals surface area contributed by atoms with Gasteiger partial charge in [-0.25, -0.2) is 13.6 Å². The largest absolute Gasteiger partial charge is 0.511 e. The van der Waals surface area contributed by atoms with E-state index in [0.29, 0.717) is 26.2 Å². The van der Waals surface area contributed by atoms with E-state index in [1.54, 1.807) is 4.90 Å². The number of nitrogens with one attached hydrogen (secondary N) is 1. The van der Waals surface area contributed by atoms with Crippen LogP contribution < -0.4 is 26.1 Å². The van der Waals surface area contributed by atoms with E-state index >= 15 is 8.78 Å². The Hall–Kier alpha value is -2.92. The van der Waals surface area contributed by atoms with Crippen molar-refractivity contribution in [1.82, 2.24) is 9.47 Å². The molecular formula is C20H25F2N5O4. The van der Waals surface area contributed by atoms with Crippen molar-refractivity contribution in [2.75, 3.05) is 56.5 Å². The van der Waals surface area contributed by atoms with Crippen LogP contribution in [0.2, 0.25) is 0 Å². The summed E-state index contributed by atoms with van der Waals surface area (Å²) in [7, 11) is 1.94. The van der Waals surface area contributed by atoms with E-state index in [1.165, 1.54) is 10.8 Å². The number of likely N-dealkylation sites (N-methyl/N-ethyl adjacent to an activating group) is 1. The maximum Gasteiger partial charge on any atom is 0.511 e. The maximum atomic E-state index is 15.9. The average molecular weight is 437 g/mol. The van der Waals surface area contributed by atoms with E-state index in [9.17, 15) is 9.59 Å². The smallest absolute Gasteiger partial charge is 0.449 e. The van der Waals surface area contributed by atoms with Crippen molar-refractivity contribution in [2.24, 2.45) is 5.73 Å². The normalized spacial score (nSPS) is 17.2. The number of nitrogens with two attached hydrogens (primary N) is 1. The minimum atomic E-state index is -1.68. The summed E-state index contributed by atoms with van der Waals surface area (Å²) < 4.78 is 37.7. The number of hydrogen-bond acceptors (Lipinski definition) is 7. The van der Waals surface area contributed by atoms with Gasteiger partial charge in [-0.2, -0.15) is 0 Å². The van der Waals surface area contributed by atoms with Gasteiger partial charge >= 0.3 is 6.16 Å². The zero-order valence-corrected chi connectivity index (χ0v) is 17.2. The Morgan fingerprint density at radius 1 is 1.26 bits per heavy atom. The van der Waals surface area contributed by atoms with Crippen LogP contribution in [0.5, 0.6) is 5.75 Å². The van der Waals surface area contributed by atoms with Gasteiger partial charge in [0.2, 0.25) is 5.43 Å². The van der Waals surface area contributed by atoms with Gasteiger partial charge in [0, 0.05) is 45.3 Å². The molecule has 2 heterocycles. The van der Waals surface area contributed by atoms with Gasteiger partial charge in [-0.05, 0) is 19.9 Å². The first-order valence-electron chi connectivity index (χ1n) is 10.2. The van der Waals surface area contributed by atoms with Crippen molar-refractivity contribution < 1.29 is 23.4 Å². The number of fused-ring (bicyclic) bond motifs is 1.